The molecule has 0 saturated heterocycles. The van der Waals surface area contributed by atoms with Gasteiger partial charge in [-0.25, -0.2) is 8.42 Å². The van der Waals surface area contributed by atoms with Crippen molar-refractivity contribution in [1.82, 2.24) is 0 Å². The van der Waals surface area contributed by atoms with Gasteiger partial charge in [-0.1, -0.05) is 47.1 Å². The molecule has 0 aliphatic carbocycles. The maximum Gasteiger partial charge on any atom is 0.248 e. The molecule has 2 aromatic rings. The summed E-state index contributed by atoms with van der Waals surface area (Å²) in [5.74, 6) is -0.370. The van der Waals surface area contributed by atoms with Crippen LogP contribution in [-0.2, 0) is 14.8 Å². The fourth-order valence-corrected chi connectivity index (χ4v) is 4.04. The van der Waals surface area contributed by atoms with Crippen LogP contribution in [0.25, 0.3) is 0 Å². The second kappa shape index (κ2) is 7.81. The number of hydrogen-bond donors (Lipinski definition) is 1. The zero-order valence-corrected chi connectivity index (χ0v) is 15.8. The molecule has 0 fully saturated rings. The number of para-hydroxylation sites is 1. The standard InChI is InChI=1S/C17H19BrN2O3S/c1-3-16(17(21)19-14-9-7-8-13(18)12-14)20(24(2,22)23)15-10-5-4-6-11-15/h4-12,16H,3H2,1-2H3,(H,19,21)/t16-/m0/s1. The van der Waals surface area contributed by atoms with E-state index in [4.69, 9.17) is 0 Å². The molecule has 0 radical (unpaired) electrons. The number of benzene rings is 2. The topological polar surface area (TPSA) is 66.5 Å². The van der Waals surface area contributed by atoms with Crippen LogP contribution < -0.4 is 9.62 Å². The molecular formula is C17H19BrN2O3S. The zero-order chi connectivity index (χ0) is 17.7. The Labute approximate surface area is 150 Å². The molecular weight excluding hydrogens is 392 g/mol. The average molecular weight is 411 g/mol. The Morgan fingerprint density at radius 3 is 2.38 bits per heavy atom. The summed E-state index contributed by atoms with van der Waals surface area (Å²) in [6.45, 7) is 1.78. The third-order valence-electron chi connectivity index (χ3n) is 3.43. The van der Waals surface area contributed by atoms with E-state index in [2.05, 4.69) is 21.2 Å². The van der Waals surface area contributed by atoms with Crippen molar-refractivity contribution in [3.63, 3.8) is 0 Å². The van der Waals surface area contributed by atoms with E-state index in [1.165, 1.54) is 4.31 Å². The number of rotatable bonds is 6. The van der Waals surface area contributed by atoms with Crippen molar-refractivity contribution in [3.05, 3.63) is 59.1 Å². The summed E-state index contributed by atoms with van der Waals surface area (Å²) in [4.78, 5) is 12.7. The molecule has 0 aromatic heterocycles. The molecule has 1 N–H and O–H groups in total. The minimum absolute atomic E-state index is 0.349. The molecule has 5 nitrogen and oxygen atoms in total. The molecule has 7 heteroatoms. The summed E-state index contributed by atoms with van der Waals surface area (Å²) in [6, 6.07) is 15.0. The second-order valence-electron chi connectivity index (χ2n) is 5.32. The third kappa shape index (κ3) is 4.58. The summed E-state index contributed by atoms with van der Waals surface area (Å²) in [6.07, 6.45) is 1.46. The van der Waals surface area contributed by atoms with E-state index in [-0.39, 0.29) is 5.91 Å². The van der Waals surface area contributed by atoms with E-state index < -0.39 is 16.1 Å². The predicted octanol–water partition coefficient (Wildman–Crippen LogP) is 3.63. The molecule has 24 heavy (non-hydrogen) atoms. The summed E-state index contributed by atoms with van der Waals surface area (Å²) in [7, 11) is -3.61. The van der Waals surface area contributed by atoms with Gasteiger partial charge in [-0.2, -0.15) is 0 Å². The van der Waals surface area contributed by atoms with Crippen molar-refractivity contribution in [2.24, 2.45) is 0 Å². The predicted molar refractivity (Wildman–Crippen MR) is 101 cm³/mol. The number of carbonyl (C=O) groups is 1. The Hall–Kier alpha value is -1.86. The molecule has 0 spiro atoms. The number of hydrogen-bond acceptors (Lipinski definition) is 3. The van der Waals surface area contributed by atoms with E-state index in [0.717, 1.165) is 10.7 Å². The quantitative estimate of drug-likeness (QED) is 0.790. The molecule has 0 aliphatic heterocycles. The normalized spacial score (nSPS) is 12.5. The number of anilines is 2. The number of nitrogens with one attached hydrogen (secondary N) is 1. The lowest BCUT2D eigenvalue weighted by atomic mass is 10.2. The van der Waals surface area contributed by atoms with Crippen LogP contribution in [0.4, 0.5) is 11.4 Å². The molecule has 0 aliphatic rings. The average Bonchev–Trinajstić information content (AvgIpc) is 2.52. The zero-order valence-electron chi connectivity index (χ0n) is 13.4. The van der Waals surface area contributed by atoms with Gasteiger partial charge in [0.2, 0.25) is 15.9 Å². The highest BCUT2D eigenvalue weighted by molar-refractivity contribution is 9.10. The van der Waals surface area contributed by atoms with Crippen LogP contribution in [0.3, 0.4) is 0 Å². The lowest BCUT2D eigenvalue weighted by molar-refractivity contribution is -0.117. The van der Waals surface area contributed by atoms with E-state index in [1.807, 2.05) is 6.07 Å². The number of sulfonamides is 1. The molecule has 0 unspecified atom stereocenters. The molecule has 1 amide bonds. The van der Waals surface area contributed by atoms with Crippen molar-refractivity contribution in [2.45, 2.75) is 19.4 Å². The van der Waals surface area contributed by atoms with Crippen LogP contribution in [-0.4, -0.2) is 26.6 Å². The van der Waals surface area contributed by atoms with Gasteiger partial charge >= 0.3 is 0 Å². The van der Waals surface area contributed by atoms with Crippen LogP contribution >= 0.6 is 15.9 Å². The molecule has 0 heterocycles. The molecule has 0 saturated carbocycles. The van der Waals surface area contributed by atoms with Gasteiger partial charge in [-0.3, -0.25) is 9.10 Å². The largest absolute Gasteiger partial charge is 0.324 e. The Kier molecular flexibility index (Phi) is 6.01. The van der Waals surface area contributed by atoms with Gasteiger partial charge in [0.25, 0.3) is 0 Å². The van der Waals surface area contributed by atoms with E-state index in [0.29, 0.717) is 17.8 Å². The lowest BCUT2D eigenvalue weighted by Crippen LogP contribution is -2.46. The Morgan fingerprint density at radius 2 is 1.83 bits per heavy atom. The smallest absolute Gasteiger partial charge is 0.248 e. The minimum Gasteiger partial charge on any atom is -0.324 e. The van der Waals surface area contributed by atoms with Gasteiger partial charge < -0.3 is 5.32 Å². The molecule has 0 bridgehead atoms. The van der Waals surface area contributed by atoms with Crippen LogP contribution in [0.2, 0.25) is 0 Å². The molecule has 2 rings (SSSR count). The van der Waals surface area contributed by atoms with Crippen LogP contribution in [0.5, 0.6) is 0 Å². The van der Waals surface area contributed by atoms with E-state index in [9.17, 15) is 13.2 Å². The fourth-order valence-electron chi connectivity index (χ4n) is 2.43. The van der Waals surface area contributed by atoms with Crippen LogP contribution in [0.15, 0.2) is 59.1 Å². The van der Waals surface area contributed by atoms with Gasteiger partial charge in [0.1, 0.15) is 6.04 Å². The Bertz CT molecular complexity index is 810. The van der Waals surface area contributed by atoms with Crippen molar-refractivity contribution < 1.29 is 13.2 Å². The number of nitrogens with zero attached hydrogens (tertiary/aromatic N) is 1. The highest BCUT2D eigenvalue weighted by Gasteiger charge is 2.31. The summed E-state index contributed by atoms with van der Waals surface area (Å²) < 4.78 is 26.6. The summed E-state index contributed by atoms with van der Waals surface area (Å²) in [5.41, 5.74) is 1.07. The van der Waals surface area contributed by atoms with E-state index >= 15 is 0 Å². The second-order valence-corrected chi connectivity index (χ2v) is 8.09. The SMILES string of the molecule is CC[C@@H](C(=O)Nc1cccc(Br)c1)N(c1ccccc1)S(C)(=O)=O. The summed E-state index contributed by atoms with van der Waals surface area (Å²) >= 11 is 3.35. The summed E-state index contributed by atoms with van der Waals surface area (Å²) in [5, 5.41) is 2.78. The first-order valence-electron chi connectivity index (χ1n) is 7.44. The van der Waals surface area contributed by atoms with Crippen LogP contribution in [0, 0.1) is 0 Å². The lowest BCUT2D eigenvalue weighted by Gasteiger charge is -2.30. The number of carbonyl (C=O) groups excluding carboxylic acids is 1. The minimum atomic E-state index is -3.61. The number of amides is 1. The van der Waals surface area contributed by atoms with Crippen molar-refractivity contribution in [2.75, 3.05) is 15.9 Å². The van der Waals surface area contributed by atoms with Gasteiger partial charge in [-0.15, -0.1) is 0 Å². The number of halogens is 1. The monoisotopic (exact) mass is 410 g/mol. The van der Waals surface area contributed by atoms with Gasteiger partial charge in [0, 0.05) is 10.2 Å². The first-order valence-corrected chi connectivity index (χ1v) is 10.1. The Morgan fingerprint density at radius 1 is 1.17 bits per heavy atom. The van der Waals surface area contributed by atoms with E-state index in [1.54, 1.807) is 55.5 Å². The maximum atomic E-state index is 12.7. The molecule has 128 valence electrons. The van der Waals surface area contributed by atoms with Gasteiger partial charge in [0.05, 0.1) is 11.9 Å². The van der Waals surface area contributed by atoms with Crippen LogP contribution in [0.1, 0.15) is 13.3 Å². The molecule has 1 atom stereocenters. The molecule has 2 aromatic carbocycles. The van der Waals surface area contributed by atoms with Crippen molar-refractivity contribution >= 4 is 43.2 Å². The fraction of sp³-hybridized carbons (Fsp3) is 0.235. The van der Waals surface area contributed by atoms with Crippen molar-refractivity contribution in [1.29, 1.82) is 0 Å². The van der Waals surface area contributed by atoms with Crippen molar-refractivity contribution in [3.8, 4) is 0 Å². The third-order valence-corrected chi connectivity index (χ3v) is 5.11. The Balaban J connectivity index is 2.34. The van der Waals surface area contributed by atoms with Gasteiger partial charge in [-0.05, 0) is 36.8 Å². The first kappa shape index (κ1) is 18.5. The van der Waals surface area contributed by atoms with Gasteiger partial charge in [0.15, 0.2) is 0 Å². The highest BCUT2D eigenvalue weighted by Crippen LogP contribution is 2.23. The highest BCUT2D eigenvalue weighted by atomic mass is 79.9. The first-order chi connectivity index (χ1) is 11.3. The maximum absolute atomic E-state index is 12.7.